The number of aromatic nitrogens is 2. The lowest BCUT2D eigenvalue weighted by Gasteiger charge is -2.35. The van der Waals surface area contributed by atoms with Crippen molar-refractivity contribution < 1.29 is 4.39 Å². The second-order valence-electron chi connectivity index (χ2n) is 7.56. The van der Waals surface area contributed by atoms with Gasteiger partial charge < -0.3 is 4.90 Å². The fraction of sp³-hybridized carbons (Fsp3) is 0.524. The van der Waals surface area contributed by atoms with E-state index in [9.17, 15) is 4.39 Å². The summed E-state index contributed by atoms with van der Waals surface area (Å²) in [5.41, 5.74) is 3.55. The first-order valence-electron chi connectivity index (χ1n) is 10.00. The number of hydrogen-bond donors (Lipinski definition) is 0. The van der Waals surface area contributed by atoms with Crippen molar-refractivity contribution in [2.45, 2.75) is 32.9 Å². The van der Waals surface area contributed by atoms with Gasteiger partial charge in [-0.25, -0.2) is 14.4 Å². The summed E-state index contributed by atoms with van der Waals surface area (Å²) in [4.78, 5) is 16.8. The van der Waals surface area contributed by atoms with Crippen LogP contribution in [0.3, 0.4) is 0 Å². The Morgan fingerprint density at radius 1 is 0.966 bits per heavy atom. The minimum atomic E-state index is -0.181. The maximum absolute atomic E-state index is 13.1. The molecule has 0 bridgehead atoms. The van der Waals surface area contributed by atoms with Gasteiger partial charge in [-0.15, -0.1) is 24.8 Å². The fourth-order valence-electron chi connectivity index (χ4n) is 3.99. The SMILES string of the molecule is CCCN1CCN(c2ncc3c(n2)CCN(Cc2ccc(F)cc2)C3)CC1.Cl.Cl. The molecule has 0 atom stereocenters. The molecule has 0 N–H and O–H groups in total. The van der Waals surface area contributed by atoms with Crippen LogP contribution < -0.4 is 4.90 Å². The van der Waals surface area contributed by atoms with Crippen LogP contribution in [0.4, 0.5) is 10.3 Å². The first-order valence-corrected chi connectivity index (χ1v) is 10.00. The third-order valence-electron chi connectivity index (χ3n) is 5.51. The number of piperazine rings is 1. The molecule has 2 aliphatic rings. The van der Waals surface area contributed by atoms with Crippen molar-refractivity contribution in [3.05, 3.63) is 53.1 Å². The van der Waals surface area contributed by atoms with E-state index in [-0.39, 0.29) is 30.6 Å². The zero-order chi connectivity index (χ0) is 18.6. The molecule has 1 aromatic carbocycles. The maximum atomic E-state index is 13.1. The molecule has 0 unspecified atom stereocenters. The predicted molar refractivity (Wildman–Crippen MR) is 120 cm³/mol. The quantitative estimate of drug-likeness (QED) is 0.708. The molecule has 1 aromatic heterocycles. The van der Waals surface area contributed by atoms with E-state index in [4.69, 9.17) is 4.98 Å². The number of hydrogen-bond acceptors (Lipinski definition) is 5. The third kappa shape index (κ3) is 6.01. The summed E-state index contributed by atoms with van der Waals surface area (Å²) in [5, 5.41) is 0. The summed E-state index contributed by atoms with van der Waals surface area (Å²) in [6.45, 7) is 10.3. The van der Waals surface area contributed by atoms with Crippen LogP contribution in [0, 0.1) is 5.82 Å². The molecule has 2 aliphatic heterocycles. The molecule has 160 valence electrons. The molecule has 5 nitrogen and oxygen atoms in total. The number of anilines is 1. The van der Waals surface area contributed by atoms with E-state index in [2.05, 4.69) is 26.6 Å². The van der Waals surface area contributed by atoms with Gasteiger partial charge in [0.2, 0.25) is 5.95 Å². The Morgan fingerprint density at radius 2 is 1.69 bits per heavy atom. The number of benzene rings is 1. The number of nitrogens with zero attached hydrogens (tertiary/aromatic N) is 5. The lowest BCUT2D eigenvalue weighted by Crippen LogP contribution is -2.47. The van der Waals surface area contributed by atoms with Gasteiger partial charge in [0.15, 0.2) is 0 Å². The van der Waals surface area contributed by atoms with E-state index in [1.807, 2.05) is 18.3 Å². The summed E-state index contributed by atoms with van der Waals surface area (Å²) < 4.78 is 13.1. The number of fused-ring (bicyclic) bond motifs is 1. The van der Waals surface area contributed by atoms with Crippen molar-refractivity contribution in [3.63, 3.8) is 0 Å². The van der Waals surface area contributed by atoms with E-state index >= 15 is 0 Å². The highest BCUT2D eigenvalue weighted by Gasteiger charge is 2.22. The molecule has 4 rings (SSSR count). The van der Waals surface area contributed by atoms with E-state index < -0.39 is 0 Å². The minimum Gasteiger partial charge on any atom is -0.338 e. The Kier molecular flexibility index (Phi) is 9.08. The first kappa shape index (κ1) is 23.8. The van der Waals surface area contributed by atoms with Gasteiger partial charge in [-0.3, -0.25) is 9.80 Å². The molecule has 3 heterocycles. The van der Waals surface area contributed by atoms with E-state index in [1.54, 1.807) is 0 Å². The van der Waals surface area contributed by atoms with Crippen LogP contribution in [0.2, 0.25) is 0 Å². The van der Waals surface area contributed by atoms with Crippen LogP contribution in [0.15, 0.2) is 30.5 Å². The van der Waals surface area contributed by atoms with Gasteiger partial charge in [0.1, 0.15) is 5.82 Å². The molecular weight excluding hydrogens is 412 g/mol. The second kappa shape index (κ2) is 11.1. The molecular formula is C21H30Cl2FN5. The van der Waals surface area contributed by atoms with E-state index in [0.717, 1.165) is 63.7 Å². The van der Waals surface area contributed by atoms with Gasteiger partial charge in [0, 0.05) is 64.0 Å². The molecule has 0 saturated carbocycles. The zero-order valence-corrected chi connectivity index (χ0v) is 18.5. The van der Waals surface area contributed by atoms with E-state index in [0.29, 0.717) is 0 Å². The van der Waals surface area contributed by atoms with E-state index in [1.165, 1.54) is 36.4 Å². The van der Waals surface area contributed by atoms with Crippen molar-refractivity contribution in [1.29, 1.82) is 0 Å². The molecule has 0 amide bonds. The van der Waals surface area contributed by atoms with Crippen LogP contribution in [-0.4, -0.2) is 59.0 Å². The van der Waals surface area contributed by atoms with Crippen LogP contribution in [0.25, 0.3) is 0 Å². The third-order valence-corrected chi connectivity index (χ3v) is 5.51. The van der Waals surface area contributed by atoms with Gasteiger partial charge in [-0.1, -0.05) is 19.1 Å². The van der Waals surface area contributed by atoms with Gasteiger partial charge in [0.25, 0.3) is 0 Å². The standard InChI is InChI=1S/C21H28FN5.2ClH/c1-2-8-25-10-12-27(13-11-25)21-23-14-18-16-26(9-7-20(18)24-21)15-17-3-5-19(22)6-4-17;;/h3-6,14H,2,7-13,15-16H2,1H3;2*1H. The Labute approximate surface area is 185 Å². The topological polar surface area (TPSA) is 35.5 Å². The highest BCUT2D eigenvalue weighted by atomic mass is 35.5. The van der Waals surface area contributed by atoms with Gasteiger partial charge >= 0.3 is 0 Å². The predicted octanol–water partition coefficient (Wildman–Crippen LogP) is 3.55. The molecule has 0 spiro atoms. The lowest BCUT2D eigenvalue weighted by atomic mass is 10.1. The molecule has 8 heteroatoms. The minimum absolute atomic E-state index is 0. The highest BCUT2D eigenvalue weighted by molar-refractivity contribution is 5.85. The summed E-state index contributed by atoms with van der Waals surface area (Å²) in [6, 6.07) is 6.79. The Hall–Kier alpha value is -1.47. The van der Waals surface area contributed by atoms with Crippen LogP contribution in [0.5, 0.6) is 0 Å². The molecule has 2 aromatic rings. The summed E-state index contributed by atoms with van der Waals surface area (Å²) in [5.74, 6) is 0.705. The zero-order valence-electron chi connectivity index (χ0n) is 16.9. The smallest absolute Gasteiger partial charge is 0.225 e. The van der Waals surface area contributed by atoms with Crippen molar-refractivity contribution in [3.8, 4) is 0 Å². The first-order chi connectivity index (χ1) is 13.2. The van der Waals surface area contributed by atoms with Crippen molar-refractivity contribution in [1.82, 2.24) is 19.8 Å². The Balaban J connectivity index is 0.00000150. The largest absolute Gasteiger partial charge is 0.338 e. The Bertz CT molecular complexity index is 766. The molecule has 1 saturated heterocycles. The number of halogens is 3. The van der Waals surface area contributed by atoms with Crippen LogP contribution >= 0.6 is 24.8 Å². The normalized spacial score (nSPS) is 17.2. The molecule has 0 radical (unpaired) electrons. The Morgan fingerprint density at radius 3 is 2.38 bits per heavy atom. The van der Waals surface area contributed by atoms with Gasteiger partial charge in [0.05, 0.1) is 5.69 Å². The summed E-state index contributed by atoms with van der Waals surface area (Å²) in [6.07, 6.45) is 4.17. The lowest BCUT2D eigenvalue weighted by molar-refractivity contribution is 0.242. The average molecular weight is 442 g/mol. The van der Waals surface area contributed by atoms with Crippen LogP contribution in [-0.2, 0) is 19.5 Å². The number of rotatable bonds is 5. The fourth-order valence-corrected chi connectivity index (χ4v) is 3.99. The summed E-state index contributed by atoms with van der Waals surface area (Å²) >= 11 is 0. The molecule has 0 aliphatic carbocycles. The molecule has 1 fully saturated rings. The van der Waals surface area contributed by atoms with Gasteiger partial charge in [-0.05, 0) is 30.7 Å². The molecule has 29 heavy (non-hydrogen) atoms. The van der Waals surface area contributed by atoms with Gasteiger partial charge in [-0.2, -0.15) is 0 Å². The van der Waals surface area contributed by atoms with Crippen molar-refractivity contribution >= 4 is 30.8 Å². The van der Waals surface area contributed by atoms with Crippen molar-refractivity contribution in [2.75, 3.05) is 44.2 Å². The average Bonchev–Trinajstić information content (AvgIpc) is 2.70. The summed E-state index contributed by atoms with van der Waals surface area (Å²) in [7, 11) is 0. The second-order valence-corrected chi connectivity index (χ2v) is 7.56. The van der Waals surface area contributed by atoms with Crippen molar-refractivity contribution in [2.24, 2.45) is 0 Å². The highest BCUT2D eigenvalue weighted by Crippen LogP contribution is 2.21. The maximum Gasteiger partial charge on any atom is 0.225 e. The van der Waals surface area contributed by atoms with Crippen LogP contribution in [0.1, 0.15) is 30.2 Å². The monoisotopic (exact) mass is 441 g/mol.